The van der Waals surface area contributed by atoms with E-state index in [4.69, 9.17) is 10.8 Å². The molecule has 0 saturated carbocycles. The van der Waals surface area contributed by atoms with Gasteiger partial charge in [0.25, 0.3) is 0 Å². The Morgan fingerprint density at radius 3 is 2.26 bits per heavy atom. The number of rotatable bonds is 11. The van der Waals surface area contributed by atoms with Crippen molar-refractivity contribution >= 4 is 5.97 Å². The van der Waals surface area contributed by atoms with E-state index in [1.165, 1.54) is 12.8 Å². The van der Waals surface area contributed by atoms with Crippen molar-refractivity contribution in [3.8, 4) is 0 Å². The summed E-state index contributed by atoms with van der Waals surface area (Å²) < 4.78 is 0. The van der Waals surface area contributed by atoms with Gasteiger partial charge in [-0.2, -0.15) is 0 Å². The van der Waals surface area contributed by atoms with Crippen molar-refractivity contribution in [3.63, 3.8) is 0 Å². The molecule has 0 aromatic rings. The van der Waals surface area contributed by atoms with E-state index in [0.717, 1.165) is 38.4 Å². The lowest BCUT2D eigenvalue weighted by Gasteiger charge is -2.26. The number of nitrogens with two attached hydrogens (primary N) is 1. The average molecular weight is 272 g/mol. The minimum Gasteiger partial charge on any atom is -0.480 e. The van der Waals surface area contributed by atoms with Crippen molar-refractivity contribution in [2.24, 2.45) is 11.7 Å². The molecule has 3 N–H and O–H groups in total. The maximum Gasteiger partial charge on any atom is 0.323 e. The van der Waals surface area contributed by atoms with E-state index in [1.807, 2.05) is 0 Å². The first-order valence-corrected chi connectivity index (χ1v) is 7.61. The Bertz CT molecular complexity index is 251. The monoisotopic (exact) mass is 272 g/mol. The Hall–Kier alpha value is -0.610. The molecule has 0 bridgehead atoms. The average Bonchev–Trinajstić information content (AvgIpc) is 2.38. The highest BCUT2D eigenvalue weighted by Crippen LogP contribution is 2.13. The molecule has 0 heterocycles. The van der Waals surface area contributed by atoms with Gasteiger partial charge in [0.15, 0.2) is 0 Å². The minimum absolute atomic E-state index is 0.546. The van der Waals surface area contributed by atoms with Crippen LogP contribution in [0, 0.1) is 5.92 Å². The number of nitrogens with zero attached hydrogens (tertiary/aromatic N) is 1. The molecule has 0 rings (SSSR count). The lowest BCUT2D eigenvalue weighted by atomic mass is 9.96. The summed E-state index contributed by atoms with van der Waals surface area (Å²) >= 11 is 0. The van der Waals surface area contributed by atoms with Crippen LogP contribution in [0.2, 0.25) is 0 Å². The summed E-state index contributed by atoms with van der Waals surface area (Å²) in [6.07, 6.45) is 4.90. The van der Waals surface area contributed by atoms with Gasteiger partial charge in [-0.15, -0.1) is 0 Å². The molecule has 1 unspecified atom stereocenters. The van der Waals surface area contributed by atoms with Crippen molar-refractivity contribution < 1.29 is 9.90 Å². The highest BCUT2D eigenvalue weighted by molar-refractivity contribution is 5.77. The van der Waals surface area contributed by atoms with Crippen LogP contribution in [0.25, 0.3) is 0 Å². The van der Waals surface area contributed by atoms with Gasteiger partial charge in [0.05, 0.1) is 0 Å². The van der Waals surface area contributed by atoms with Gasteiger partial charge >= 0.3 is 5.97 Å². The third-order valence-electron chi connectivity index (χ3n) is 4.03. The molecular formula is C15H32N2O2. The lowest BCUT2D eigenvalue weighted by Crippen LogP contribution is -2.44. The Morgan fingerprint density at radius 1 is 1.26 bits per heavy atom. The maximum atomic E-state index is 10.9. The summed E-state index contributed by atoms with van der Waals surface area (Å²) in [5, 5.41) is 8.94. The summed E-state index contributed by atoms with van der Waals surface area (Å²) in [5.74, 6) is -0.129. The molecule has 0 amide bonds. The van der Waals surface area contributed by atoms with Gasteiger partial charge < -0.3 is 15.7 Å². The lowest BCUT2D eigenvalue weighted by molar-refractivity contribution is -0.142. The van der Waals surface area contributed by atoms with Crippen LogP contribution in [0.1, 0.15) is 59.8 Å². The van der Waals surface area contributed by atoms with Gasteiger partial charge in [-0.3, -0.25) is 4.79 Å². The molecule has 0 spiro atoms. The predicted molar refractivity (Wildman–Crippen MR) is 80.3 cm³/mol. The first kappa shape index (κ1) is 18.4. The zero-order valence-electron chi connectivity index (χ0n) is 13.1. The van der Waals surface area contributed by atoms with E-state index in [2.05, 4.69) is 25.7 Å². The fraction of sp³-hybridized carbons (Fsp3) is 0.933. The minimum atomic E-state index is -1.08. The summed E-state index contributed by atoms with van der Waals surface area (Å²) in [6.45, 7) is 11.5. The number of carbonyl (C=O) groups is 1. The third kappa shape index (κ3) is 7.53. The zero-order valence-corrected chi connectivity index (χ0v) is 13.1. The fourth-order valence-electron chi connectivity index (χ4n) is 2.23. The van der Waals surface area contributed by atoms with Gasteiger partial charge in [0.2, 0.25) is 0 Å². The van der Waals surface area contributed by atoms with Gasteiger partial charge in [0.1, 0.15) is 5.54 Å². The van der Waals surface area contributed by atoms with Crippen molar-refractivity contribution in [1.82, 2.24) is 4.90 Å². The number of carboxylic acids is 1. The van der Waals surface area contributed by atoms with Crippen LogP contribution in [0.4, 0.5) is 0 Å². The van der Waals surface area contributed by atoms with Gasteiger partial charge in [-0.25, -0.2) is 0 Å². The fourth-order valence-corrected chi connectivity index (χ4v) is 2.23. The molecule has 4 nitrogen and oxygen atoms in total. The third-order valence-corrected chi connectivity index (χ3v) is 4.03. The molecule has 4 heteroatoms. The second-order valence-electron chi connectivity index (χ2n) is 5.76. The molecule has 0 aromatic carbocycles. The van der Waals surface area contributed by atoms with E-state index >= 15 is 0 Å². The normalized spacial score (nSPS) is 14.9. The smallest absolute Gasteiger partial charge is 0.323 e. The number of unbranched alkanes of at least 4 members (excludes halogenated alkanes) is 1. The largest absolute Gasteiger partial charge is 0.480 e. The van der Waals surface area contributed by atoms with Gasteiger partial charge in [-0.1, -0.05) is 33.6 Å². The first-order valence-electron chi connectivity index (χ1n) is 7.61. The molecule has 1 atom stereocenters. The predicted octanol–water partition coefficient (Wildman–Crippen LogP) is 2.72. The second kappa shape index (κ2) is 9.32. The number of hydrogen-bond acceptors (Lipinski definition) is 3. The van der Waals surface area contributed by atoms with Gasteiger partial charge in [0, 0.05) is 6.54 Å². The van der Waals surface area contributed by atoms with Crippen LogP contribution in [-0.4, -0.2) is 41.1 Å². The molecule has 19 heavy (non-hydrogen) atoms. The number of hydrogen-bond donors (Lipinski definition) is 2. The molecular weight excluding hydrogens is 240 g/mol. The molecule has 0 aliphatic heterocycles. The molecule has 0 radical (unpaired) electrons. The van der Waals surface area contributed by atoms with Crippen molar-refractivity contribution in [2.45, 2.75) is 65.3 Å². The van der Waals surface area contributed by atoms with Crippen LogP contribution in [0.3, 0.4) is 0 Å². The number of aliphatic carboxylic acids is 1. The molecule has 0 saturated heterocycles. The Kier molecular flexibility index (Phi) is 9.02. The van der Waals surface area contributed by atoms with E-state index < -0.39 is 11.5 Å². The summed E-state index contributed by atoms with van der Waals surface area (Å²) in [6, 6.07) is 0. The SMILES string of the molecule is CCC(CC)CN(CC)CCCCC(C)(N)C(=O)O. The highest BCUT2D eigenvalue weighted by Gasteiger charge is 2.26. The quantitative estimate of drug-likeness (QED) is 0.568. The molecule has 0 aliphatic carbocycles. The molecule has 0 fully saturated rings. The van der Waals surface area contributed by atoms with Gasteiger partial charge in [-0.05, 0) is 45.2 Å². The van der Waals surface area contributed by atoms with E-state index in [9.17, 15) is 4.79 Å². The van der Waals surface area contributed by atoms with Crippen LogP contribution < -0.4 is 5.73 Å². The molecule has 0 aromatic heterocycles. The standard InChI is InChI=1S/C15H32N2O2/c1-5-13(6-2)12-17(7-3)11-9-8-10-15(4,16)14(18)19/h13H,5-12,16H2,1-4H3,(H,18,19). The summed E-state index contributed by atoms with van der Waals surface area (Å²) in [5.41, 5.74) is 4.64. The molecule has 114 valence electrons. The van der Waals surface area contributed by atoms with Crippen molar-refractivity contribution in [3.05, 3.63) is 0 Å². The summed E-state index contributed by atoms with van der Waals surface area (Å²) in [7, 11) is 0. The topological polar surface area (TPSA) is 66.6 Å². The first-order chi connectivity index (χ1) is 8.87. The molecule has 0 aliphatic rings. The number of carboxylic acid groups (broad SMARTS) is 1. The second-order valence-corrected chi connectivity index (χ2v) is 5.76. The van der Waals surface area contributed by atoms with Crippen molar-refractivity contribution in [1.29, 1.82) is 0 Å². The Labute approximate surface area is 118 Å². The summed E-state index contributed by atoms with van der Waals surface area (Å²) in [4.78, 5) is 13.4. The Morgan fingerprint density at radius 2 is 1.84 bits per heavy atom. The van der Waals surface area contributed by atoms with Crippen LogP contribution in [0.5, 0.6) is 0 Å². The van der Waals surface area contributed by atoms with Crippen LogP contribution >= 0.6 is 0 Å². The van der Waals surface area contributed by atoms with Crippen molar-refractivity contribution in [2.75, 3.05) is 19.6 Å². The van der Waals surface area contributed by atoms with E-state index in [1.54, 1.807) is 6.92 Å². The van der Waals surface area contributed by atoms with Crippen LogP contribution in [0.15, 0.2) is 0 Å². The zero-order chi connectivity index (χ0) is 14.9. The highest BCUT2D eigenvalue weighted by atomic mass is 16.4. The Balaban J connectivity index is 3.93. The van der Waals surface area contributed by atoms with E-state index in [0.29, 0.717) is 6.42 Å². The maximum absolute atomic E-state index is 10.9. The van der Waals surface area contributed by atoms with Crippen LogP contribution in [-0.2, 0) is 4.79 Å². The van der Waals surface area contributed by atoms with E-state index in [-0.39, 0.29) is 0 Å².